The smallest absolute Gasteiger partial charge is 0.239 e. The molecule has 0 saturated carbocycles. The van der Waals surface area contributed by atoms with E-state index in [0.29, 0.717) is 35.7 Å². The molecule has 0 spiro atoms. The van der Waals surface area contributed by atoms with Crippen molar-refractivity contribution in [1.82, 2.24) is 24.3 Å². The SMILES string of the molecule is CC(C)c1cc(Nc2nc3cc(Oc4ccnc(NC(=O)CN5CCN(C)CC5)c4)ccc3n2C)ccc1Cl. The number of fused-ring (bicyclic) bond motifs is 1. The first-order valence-corrected chi connectivity index (χ1v) is 13.5. The quantitative estimate of drug-likeness (QED) is 0.302. The Labute approximate surface area is 233 Å². The molecule has 1 saturated heterocycles. The lowest BCUT2D eigenvalue weighted by Gasteiger charge is -2.31. The average molecular weight is 548 g/mol. The number of aryl methyl sites for hydroxylation is 1. The summed E-state index contributed by atoms with van der Waals surface area (Å²) < 4.78 is 8.10. The van der Waals surface area contributed by atoms with Gasteiger partial charge in [0, 0.05) is 62.3 Å². The van der Waals surface area contributed by atoms with Gasteiger partial charge >= 0.3 is 0 Å². The van der Waals surface area contributed by atoms with Gasteiger partial charge in [0.05, 0.1) is 17.6 Å². The molecule has 1 aliphatic rings. The molecular weight excluding hydrogens is 514 g/mol. The minimum absolute atomic E-state index is 0.0830. The van der Waals surface area contributed by atoms with Crippen LogP contribution in [-0.2, 0) is 11.8 Å². The highest BCUT2D eigenvalue weighted by Crippen LogP contribution is 2.31. The Morgan fingerprint density at radius 2 is 1.79 bits per heavy atom. The van der Waals surface area contributed by atoms with Crippen LogP contribution in [0.5, 0.6) is 11.5 Å². The molecule has 204 valence electrons. The molecule has 0 unspecified atom stereocenters. The summed E-state index contributed by atoms with van der Waals surface area (Å²) in [6.07, 6.45) is 1.62. The Kier molecular flexibility index (Phi) is 8.02. The molecule has 10 heteroatoms. The number of aromatic nitrogens is 3. The van der Waals surface area contributed by atoms with Crippen LogP contribution in [0.25, 0.3) is 11.0 Å². The highest BCUT2D eigenvalue weighted by Gasteiger charge is 2.17. The van der Waals surface area contributed by atoms with Crippen molar-refractivity contribution in [2.24, 2.45) is 7.05 Å². The normalized spacial score (nSPS) is 14.6. The van der Waals surface area contributed by atoms with Crippen LogP contribution in [0.2, 0.25) is 5.02 Å². The molecule has 2 aromatic heterocycles. The van der Waals surface area contributed by atoms with Crippen molar-refractivity contribution < 1.29 is 9.53 Å². The second-order valence-corrected chi connectivity index (χ2v) is 10.7. The number of carbonyl (C=O) groups is 1. The number of amides is 1. The number of anilines is 3. The number of carbonyl (C=O) groups excluding carboxylic acids is 1. The Morgan fingerprint density at radius 3 is 2.56 bits per heavy atom. The molecule has 1 fully saturated rings. The van der Waals surface area contributed by atoms with Crippen molar-refractivity contribution in [3.05, 3.63) is 65.3 Å². The minimum atomic E-state index is -0.0830. The highest BCUT2D eigenvalue weighted by molar-refractivity contribution is 6.31. The average Bonchev–Trinajstić information content (AvgIpc) is 3.20. The van der Waals surface area contributed by atoms with Crippen molar-refractivity contribution in [1.29, 1.82) is 0 Å². The number of hydrogen-bond donors (Lipinski definition) is 2. The van der Waals surface area contributed by atoms with Crippen molar-refractivity contribution in [3.8, 4) is 11.5 Å². The third-order valence-electron chi connectivity index (χ3n) is 6.92. The van der Waals surface area contributed by atoms with E-state index >= 15 is 0 Å². The first kappa shape index (κ1) is 26.9. The Bertz CT molecular complexity index is 1480. The number of ether oxygens (including phenoxy) is 1. The van der Waals surface area contributed by atoms with E-state index in [9.17, 15) is 4.79 Å². The number of benzene rings is 2. The fourth-order valence-electron chi connectivity index (χ4n) is 4.62. The summed E-state index contributed by atoms with van der Waals surface area (Å²) >= 11 is 6.36. The van der Waals surface area contributed by atoms with Gasteiger partial charge in [0.1, 0.15) is 17.3 Å². The van der Waals surface area contributed by atoms with Gasteiger partial charge in [-0.15, -0.1) is 0 Å². The topological polar surface area (TPSA) is 87.6 Å². The molecule has 2 aromatic carbocycles. The number of hydrogen-bond acceptors (Lipinski definition) is 7. The summed E-state index contributed by atoms with van der Waals surface area (Å²) in [6.45, 7) is 8.28. The van der Waals surface area contributed by atoms with Crippen LogP contribution in [0.15, 0.2) is 54.7 Å². The van der Waals surface area contributed by atoms with Crippen LogP contribution in [0.3, 0.4) is 0 Å². The Balaban J connectivity index is 1.26. The lowest BCUT2D eigenvalue weighted by Crippen LogP contribution is -2.47. The molecule has 2 N–H and O–H groups in total. The predicted octanol–water partition coefficient (Wildman–Crippen LogP) is 5.47. The van der Waals surface area contributed by atoms with Crippen molar-refractivity contribution >= 4 is 46.0 Å². The van der Waals surface area contributed by atoms with Crippen LogP contribution in [0.4, 0.5) is 17.5 Å². The van der Waals surface area contributed by atoms with E-state index < -0.39 is 0 Å². The first-order chi connectivity index (χ1) is 18.7. The lowest BCUT2D eigenvalue weighted by molar-refractivity contribution is -0.117. The lowest BCUT2D eigenvalue weighted by atomic mass is 10.0. The zero-order valence-electron chi connectivity index (χ0n) is 22.7. The number of piperazine rings is 1. The monoisotopic (exact) mass is 547 g/mol. The maximum atomic E-state index is 12.5. The van der Waals surface area contributed by atoms with E-state index in [1.165, 1.54) is 0 Å². The molecule has 0 atom stereocenters. The van der Waals surface area contributed by atoms with E-state index in [1.54, 1.807) is 18.3 Å². The van der Waals surface area contributed by atoms with E-state index in [4.69, 9.17) is 21.3 Å². The zero-order valence-corrected chi connectivity index (χ0v) is 23.5. The van der Waals surface area contributed by atoms with Gasteiger partial charge in [-0.1, -0.05) is 25.4 Å². The summed E-state index contributed by atoms with van der Waals surface area (Å²) in [5, 5.41) is 7.06. The van der Waals surface area contributed by atoms with E-state index in [-0.39, 0.29) is 5.91 Å². The molecule has 5 rings (SSSR count). The Morgan fingerprint density at radius 1 is 1.03 bits per heavy atom. The summed E-state index contributed by atoms with van der Waals surface area (Å²) in [5.74, 6) is 2.63. The van der Waals surface area contributed by atoms with Crippen molar-refractivity contribution in [2.45, 2.75) is 19.8 Å². The van der Waals surface area contributed by atoms with Crippen LogP contribution >= 0.6 is 11.6 Å². The van der Waals surface area contributed by atoms with Crippen LogP contribution < -0.4 is 15.4 Å². The van der Waals surface area contributed by atoms with Crippen LogP contribution in [0.1, 0.15) is 25.3 Å². The predicted molar refractivity (Wildman–Crippen MR) is 156 cm³/mol. The molecule has 3 heterocycles. The molecule has 0 radical (unpaired) electrons. The number of rotatable bonds is 8. The Hall–Kier alpha value is -3.66. The van der Waals surface area contributed by atoms with Gasteiger partial charge in [0.15, 0.2) is 0 Å². The number of nitrogens with zero attached hydrogens (tertiary/aromatic N) is 5. The van der Waals surface area contributed by atoms with Gasteiger partial charge in [0.25, 0.3) is 0 Å². The second-order valence-electron chi connectivity index (χ2n) is 10.3. The summed E-state index contributed by atoms with van der Waals surface area (Å²) in [6, 6.07) is 15.2. The van der Waals surface area contributed by atoms with Crippen molar-refractivity contribution in [3.63, 3.8) is 0 Å². The molecular formula is C29H34ClN7O2. The molecule has 1 aliphatic heterocycles. The summed E-state index contributed by atoms with van der Waals surface area (Å²) in [7, 11) is 4.06. The molecule has 0 aliphatic carbocycles. The second kappa shape index (κ2) is 11.6. The maximum absolute atomic E-state index is 12.5. The highest BCUT2D eigenvalue weighted by atomic mass is 35.5. The minimum Gasteiger partial charge on any atom is -0.457 e. The summed E-state index contributed by atoms with van der Waals surface area (Å²) in [5.41, 5.74) is 3.78. The molecule has 0 bridgehead atoms. The largest absolute Gasteiger partial charge is 0.457 e. The van der Waals surface area contributed by atoms with Crippen LogP contribution in [-0.4, -0.2) is 70.0 Å². The standard InChI is InChI=1S/C29H34ClN7O2/c1-19(2)23-15-20(5-7-24(23)30)32-29-33-25-16-21(6-8-26(25)36(29)4)39-22-9-10-31-27(17-22)34-28(38)18-37-13-11-35(3)12-14-37/h5-10,15-17,19H,11-14,18H2,1-4H3,(H,32,33)(H,31,34,38). The van der Waals surface area contributed by atoms with Gasteiger partial charge in [-0.3, -0.25) is 9.69 Å². The third-order valence-corrected chi connectivity index (χ3v) is 7.27. The number of imidazole rings is 1. The summed E-state index contributed by atoms with van der Waals surface area (Å²) in [4.78, 5) is 26.0. The van der Waals surface area contributed by atoms with Gasteiger partial charge in [-0.25, -0.2) is 9.97 Å². The fourth-order valence-corrected chi connectivity index (χ4v) is 4.95. The van der Waals surface area contributed by atoms with Crippen LogP contribution in [0, 0.1) is 0 Å². The maximum Gasteiger partial charge on any atom is 0.239 e. The van der Waals surface area contributed by atoms with E-state index in [1.807, 2.05) is 41.9 Å². The third kappa shape index (κ3) is 6.50. The molecule has 9 nitrogen and oxygen atoms in total. The number of nitrogens with one attached hydrogen (secondary N) is 2. The molecule has 4 aromatic rings. The number of pyridine rings is 1. The number of likely N-dealkylation sites (N-methyl/N-ethyl adjacent to an activating group) is 1. The van der Waals surface area contributed by atoms with Gasteiger partial charge in [-0.2, -0.15) is 0 Å². The van der Waals surface area contributed by atoms with Gasteiger partial charge in [-0.05, 0) is 54.9 Å². The number of halogens is 1. The van der Waals surface area contributed by atoms with E-state index in [2.05, 4.69) is 52.4 Å². The van der Waals surface area contributed by atoms with E-state index in [0.717, 1.165) is 53.5 Å². The van der Waals surface area contributed by atoms with Gasteiger partial charge in [0.2, 0.25) is 11.9 Å². The van der Waals surface area contributed by atoms with Gasteiger partial charge < -0.3 is 24.8 Å². The fraction of sp³-hybridized carbons (Fsp3) is 0.345. The van der Waals surface area contributed by atoms with Crippen molar-refractivity contribution in [2.75, 3.05) is 50.4 Å². The zero-order chi connectivity index (χ0) is 27.5. The first-order valence-electron chi connectivity index (χ1n) is 13.1. The molecule has 1 amide bonds. The molecule has 39 heavy (non-hydrogen) atoms.